The van der Waals surface area contributed by atoms with Crippen LogP contribution >= 0.6 is 11.3 Å². The van der Waals surface area contributed by atoms with Crippen LogP contribution in [0.15, 0.2) is 48.5 Å². The lowest BCUT2D eigenvalue weighted by atomic mass is 10.0. The zero-order valence-electron chi connectivity index (χ0n) is 13.1. The van der Waals surface area contributed by atoms with Crippen molar-refractivity contribution >= 4 is 23.0 Å². The van der Waals surface area contributed by atoms with Gasteiger partial charge in [-0.2, -0.15) is 0 Å². The van der Waals surface area contributed by atoms with Gasteiger partial charge in [-0.25, -0.2) is 14.0 Å². The van der Waals surface area contributed by atoms with Crippen molar-refractivity contribution in [3.05, 3.63) is 70.6 Å². The zero-order chi connectivity index (χ0) is 18.0. The molecule has 0 unspecified atom stereocenters. The molecule has 0 fully saturated rings. The van der Waals surface area contributed by atoms with Crippen molar-refractivity contribution in [3.8, 4) is 27.3 Å². The van der Waals surface area contributed by atoms with Gasteiger partial charge in [0.25, 0.3) is 0 Å². The maximum Gasteiger partial charge on any atom is 0.348 e. The molecule has 3 aromatic rings. The fourth-order valence-corrected chi connectivity index (χ4v) is 3.32. The monoisotopic (exact) mass is 353 g/mol. The molecule has 0 aliphatic rings. The van der Waals surface area contributed by atoms with Gasteiger partial charge < -0.3 is 9.84 Å². The van der Waals surface area contributed by atoms with E-state index in [-0.39, 0.29) is 4.88 Å². The van der Waals surface area contributed by atoms with Crippen LogP contribution in [0, 0.1) is 12.4 Å². The number of carboxylic acids is 1. The van der Waals surface area contributed by atoms with Crippen LogP contribution < -0.4 is 4.74 Å². The Hall–Kier alpha value is -3.17. The van der Waals surface area contributed by atoms with Crippen LogP contribution in [0.3, 0.4) is 0 Å². The minimum Gasteiger partial charge on any atom is -0.497 e. The molecular weight excluding hydrogens is 341 g/mol. The molecule has 3 rings (SSSR count). The zero-order valence-corrected chi connectivity index (χ0v) is 13.9. The number of ether oxygens (including phenoxy) is 1. The number of carbonyl (C=O) groups is 1. The van der Waals surface area contributed by atoms with E-state index in [1.165, 1.54) is 6.07 Å². The summed E-state index contributed by atoms with van der Waals surface area (Å²) in [6.07, 6.45) is 0. The highest BCUT2D eigenvalue weighted by atomic mass is 32.1. The molecule has 6 heteroatoms. The van der Waals surface area contributed by atoms with Crippen molar-refractivity contribution in [1.82, 2.24) is 0 Å². The van der Waals surface area contributed by atoms with Gasteiger partial charge in [0.1, 0.15) is 16.4 Å². The minimum absolute atomic E-state index is 0.335. The summed E-state index contributed by atoms with van der Waals surface area (Å²) in [4.78, 5) is 14.7. The van der Waals surface area contributed by atoms with E-state index in [1.807, 2.05) is 24.3 Å². The number of carboxylic acid groups (broad SMARTS) is 1. The summed E-state index contributed by atoms with van der Waals surface area (Å²) >= 11 is 0.853. The lowest BCUT2D eigenvalue weighted by Gasteiger charge is -2.08. The summed E-state index contributed by atoms with van der Waals surface area (Å²) in [5.41, 5.74) is 2.63. The number of nitrogens with zero attached hydrogens (tertiary/aromatic N) is 1. The Labute approximate surface area is 147 Å². The van der Waals surface area contributed by atoms with Crippen LogP contribution in [0.1, 0.15) is 9.67 Å². The van der Waals surface area contributed by atoms with Crippen molar-refractivity contribution < 1.29 is 19.0 Å². The van der Waals surface area contributed by atoms with E-state index in [0.29, 0.717) is 16.1 Å². The Morgan fingerprint density at radius 1 is 1.16 bits per heavy atom. The SMILES string of the molecule is [C-]#[N+]c1cc(-c2cc(F)c(C(=O)O)s2)ccc1-c1ccc(OC)cc1. The van der Waals surface area contributed by atoms with Gasteiger partial charge in [-0.05, 0) is 41.0 Å². The molecule has 0 aliphatic heterocycles. The average molecular weight is 353 g/mol. The first-order valence-corrected chi connectivity index (χ1v) is 8.04. The molecule has 0 saturated carbocycles. The lowest BCUT2D eigenvalue weighted by molar-refractivity contribution is 0.0697. The number of rotatable bonds is 4. The molecule has 25 heavy (non-hydrogen) atoms. The van der Waals surface area contributed by atoms with Gasteiger partial charge in [0, 0.05) is 4.88 Å². The van der Waals surface area contributed by atoms with Crippen molar-refractivity contribution in [2.75, 3.05) is 7.11 Å². The molecule has 0 aliphatic carbocycles. The van der Waals surface area contributed by atoms with E-state index >= 15 is 0 Å². The molecular formula is C19H12FNO3S. The molecule has 0 radical (unpaired) electrons. The van der Waals surface area contributed by atoms with Crippen molar-refractivity contribution in [3.63, 3.8) is 0 Å². The number of methoxy groups -OCH3 is 1. The highest BCUT2D eigenvalue weighted by molar-refractivity contribution is 7.17. The second-order valence-electron chi connectivity index (χ2n) is 5.17. The Morgan fingerprint density at radius 3 is 2.40 bits per heavy atom. The van der Waals surface area contributed by atoms with Crippen LogP contribution in [0.5, 0.6) is 5.75 Å². The summed E-state index contributed by atoms with van der Waals surface area (Å²) in [6, 6.07) is 13.7. The third-order valence-electron chi connectivity index (χ3n) is 3.68. The van der Waals surface area contributed by atoms with Gasteiger partial charge in [0.05, 0.1) is 13.7 Å². The summed E-state index contributed by atoms with van der Waals surface area (Å²) in [5.74, 6) is -1.34. The smallest absolute Gasteiger partial charge is 0.348 e. The standard InChI is InChI=1S/C19H12FNO3S/c1-21-16-9-12(17-10-15(20)18(25-17)19(22)23)5-8-14(16)11-3-6-13(24-2)7-4-11/h3-10H,2H3,(H,22,23). The molecule has 0 saturated heterocycles. The van der Waals surface area contributed by atoms with Gasteiger partial charge in [-0.1, -0.05) is 24.3 Å². The fourth-order valence-electron chi connectivity index (χ4n) is 2.45. The third-order valence-corrected chi connectivity index (χ3v) is 4.83. The van der Waals surface area contributed by atoms with Gasteiger partial charge >= 0.3 is 5.97 Å². The first-order chi connectivity index (χ1) is 12.0. The predicted octanol–water partition coefficient (Wildman–Crippen LogP) is 5.48. The fraction of sp³-hybridized carbons (Fsp3) is 0.0526. The van der Waals surface area contributed by atoms with Gasteiger partial charge in [-0.15, -0.1) is 11.3 Å². The largest absolute Gasteiger partial charge is 0.497 e. The van der Waals surface area contributed by atoms with Gasteiger partial charge in [0.15, 0.2) is 5.69 Å². The Morgan fingerprint density at radius 2 is 1.84 bits per heavy atom. The Kier molecular flexibility index (Phi) is 4.50. The quantitative estimate of drug-likeness (QED) is 0.632. The minimum atomic E-state index is -1.30. The molecule has 1 heterocycles. The van der Waals surface area contributed by atoms with E-state index < -0.39 is 11.8 Å². The number of hydrogen-bond acceptors (Lipinski definition) is 3. The molecule has 124 valence electrons. The van der Waals surface area contributed by atoms with Crippen LogP contribution in [-0.2, 0) is 0 Å². The lowest BCUT2D eigenvalue weighted by Crippen LogP contribution is -1.93. The van der Waals surface area contributed by atoms with E-state index in [4.69, 9.17) is 16.4 Å². The van der Waals surface area contributed by atoms with Crippen molar-refractivity contribution in [2.24, 2.45) is 0 Å². The third kappa shape index (κ3) is 3.23. The van der Waals surface area contributed by atoms with E-state index in [1.54, 1.807) is 25.3 Å². The van der Waals surface area contributed by atoms with Crippen molar-refractivity contribution in [2.45, 2.75) is 0 Å². The van der Waals surface area contributed by atoms with Crippen LogP contribution in [0.2, 0.25) is 0 Å². The molecule has 2 aromatic carbocycles. The highest BCUT2D eigenvalue weighted by Gasteiger charge is 2.17. The van der Waals surface area contributed by atoms with E-state index in [0.717, 1.165) is 28.2 Å². The number of halogens is 1. The number of thiophene rings is 1. The van der Waals surface area contributed by atoms with Crippen LogP contribution in [-0.4, -0.2) is 18.2 Å². The molecule has 1 aromatic heterocycles. The van der Waals surface area contributed by atoms with E-state index in [9.17, 15) is 9.18 Å². The van der Waals surface area contributed by atoms with Crippen LogP contribution in [0.4, 0.5) is 10.1 Å². The maximum atomic E-state index is 13.7. The number of hydrogen-bond donors (Lipinski definition) is 1. The predicted molar refractivity (Wildman–Crippen MR) is 94.9 cm³/mol. The second-order valence-corrected chi connectivity index (χ2v) is 6.22. The second kappa shape index (κ2) is 6.75. The molecule has 0 bridgehead atoms. The first kappa shape index (κ1) is 16.7. The molecule has 0 amide bonds. The van der Waals surface area contributed by atoms with Crippen LogP contribution in [0.25, 0.3) is 26.4 Å². The maximum absolute atomic E-state index is 13.7. The van der Waals surface area contributed by atoms with Gasteiger partial charge in [-0.3, -0.25) is 0 Å². The Bertz CT molecular complexity index is 987. The molecule has 4 nitrogen and oxygen atoms in total. The topological polar surface area (TPSA) is 50.9 Å². The summed E-state index contributed by atoms with van der Waals surface area (Å²) in [6.45, 7) is 7.42. The van der Waals surface area contributed by atoms with Crippen molar-refractivity contribution in [1.29, 1.82) is 0 Å². The summed E-state index contributed by atoms with van der Waals surface area (Å²) < 4.78 is 18.8. The van der Waals surface area contributed by atoms with Gasteiger partial charge in [0.2, 0.25) is 0 Å². The average Bonchev–Trinajstić information content (AvgIpc) is 3.03. The highest BCUT2D eigenvalue weighted by Crippen LogP contribution is 2.38. The molecule has 0 atom stereocenters. The number of aromatic carboxylic acids is 1. The summed E-state index contributed by atoms with van der Waals surface area (Å²) in [7, 11) is 1.58. The molecule has 0 spiro atoms. The molecule has 1 N–H and O–H groups in total. The normalized spacial score (nSPS) is 10.3. The first-order valence-electron chi connectivity index (χ1n) is 7.22. The number of benzene rings is 2. The van der Waals surface area contributed by atoms with E-state index in [2.05, 4.69) is 4.85 Å². The summed E-state index contributed by atoms with van der Waals surface area (Å²) in [5, 5.41) is 8.97. The Balaban J connectivity index is 2.04.